The van der Waals surface area contributed by atoms with Crippen LogP contribution in [-0.4, -0.2) is 69.6 Å². The van der Waals surface area contributed by atoms with E-state index in [1.165, 1.54) is 12.1 Å². The first-order chi connectivity index (χ1) is 20.6. The monoisotopic (exact) mass is 573 g/mol. The topological polar surface area (TPSA) is 136 Å². The number of benzene rings is 1. The summed E-state index contributed by atoms with van der Waals surface area (Å²) in [6.45, 7) is 2.21. The fraction of sp³-hybridized carbons (Fsp3) is 0.367. The van der Waals surface area contributed by atoms with Crippen LogP contribution in [0.2, 0.25) is 0 Å². The standard InChI is InChI=1S/C30H32FN7O4/c31-21-8-6-19(7-9-21)27-28(24-10-12-33-30(36-24)35-15-22-4-1-2-11-32-22)38-25(37-27)14-26-41-17-20(18-42-26)29(39)34-16-23-5-3-13-40-23/h1-2,4,6-12,20,23,26H,3,5,13-18H2,(H,34,39)(H,37,38)(H,33,35,36). The highest BCUT2D eigenvalue weighted by atomic mass is 19.1. The largest absolute Gasteiger partial charge is 0.376 e. The zero-order chi connectivity index (χ0) is 28.7. The van der Waals surface area contributed by atoms with Crippen molar-refractivity contribution < 1.29 is 23.4 Å². The molecule has 0 radical (unpaired) electrons. The second-order valence-electron chi connectivity index (χ2n) is 10.2. The SMILES string of the molecule is O=C(NCC1CCCO1)C1COC(Cc2nc(-c3ccc(F)cc3)c(-c3ccnc(NCc4ccccn4)n3)[nH]2)OC1. The first-order valence-electron chi connectivity index (χ1n) is 14.1. The number of hydrogen-bond acceptors (Lipinski definition) is 9. The van der Waals surface area contributed by atoms with Gasteiger partial charge in [0, 0.05) is 31.1 Å². The van der Waals surface area contributed by atoms with Crippen molar-refractivity contribution >= 4 is 11.9 Å². The van der Waals surface area contributed by atoms with E-state index in [1.807, 2.05) is 18.2 Å². The molecular weight excluding hydrogens is 541 g/mol. The van der Waals surface area contributed by atoms with Crippen LogP contribution in [0.1, 0.15) is 24.4 Å². The summed E-state index contributed by atoms with van der Waals surface area (Å²) in [4.78, 5) is 34.1. The third-order valence-electron chi connectivity index (χ3n) is 7.16. The van der Waals surface area contributed by atoms with Gasteiger partial charge in [0.15, 0.2) is 6.29 Å². The lowest BCUT2D eigenvalue weighted by Crippen LogP contribution is -2.44. The lowest BCUT2D eigenvalue weighted by molar-refractivity contribution is -0.201. The van der Waals surface area contributed by atoms with Gasteiger partial charge in [-0.3, -0.25) is 9.78 Å². The van der Waals surface area contributed by atoms with Crippen LogP contribution in [-0.2, 0) is 32.0 Å². The van der Waals surface area contributed by atoms with Gasteiger partial charge in [0.25, 0.3) is 0 Å². The van der Waals surface area contributed by atoms with Gasteiger partial charge in [0.2, 0.25) is 11.9 Å². The number of aromatic nitrogens is 5. The Hall–Kier alpha value is -4.26. The lowest BCUT2D eigenvalue weighted by atomic mass is 10.1. The van der Waals surface area contributed by atoms with Crippen LogP contribution >= 0.6 is 0 Å². The Kier molecular flexibility index (Phi) is 8.73. The molecule has 2 saturated heterocycles. The van der Waals surface area contributed by atoms with E-state index >= 15 is 0 Å². The van der Waals surface area contributed by atoms with Crippen molar-refractivity contribution in [2.75, 3.05) is 31.7 Å². The molecule has 42 heavy (non-hydrogen) atoms. The van der Waals surface area contributed by atoms with Gasteiger partial charge in [-0.05, 0) is 55.3 Å². The maximum atomic E-state index is 13.7. The van der Waals surface area contributed by atoms with Crippen molar-refractivity contribution in [2.24, 2.45) is 5.92 Å². The molecule has 1 unspecified atom stereocenters. The van der Waals surface area contributed by atoms with E-state index in [0.29, 0.717) is 48.4 Å². The van der Waals surface area contributed by atoms with E-state index in [0.717, 1.165) is 30.7 Å². The fourth-order valence-electron chi connectivity index (χ4n) is 4.91. The molecule has 0 spiro atoms. The zero-order valence-corrected chi connectivity index (χ0v) is 23.0. The number of nitrogens with one attached hydrogen (secondary N) is 3. The quantitative estimate of drug-likeness (QED) is 0.260. The first-order valence-corrected chi connectivity index (χ1v) is 14.1. The highest BCUT2D eigenvalue weighted by Gasteiger charge is 2.29. The van der Waals surface area contributed by atoms with Crippen LogP contribution < -0.4 is 10.6 Å². The highest BCUT2D eigenvalue weighted by Crippen LogP contribution is 2.30. The van der Waals surface area contributed by atoms with Crippen molar-refractivity contribution in [3.05, 3.63) is 78.3 Å². The molecule has 6 rings (SSSR count). The number of carbonyl (C=O) groups excluding carboxylic acids is 1. The predicted octanol–water partition coefficient (Wildman–Crippen LogP) is 3.51. The molecule has 4 aromatic rings. The number of halogens is 1. The average molecular weight is 574 g/mol. The summed E-state index contributed by atoms with van der Waals surface area (Å²) < 4.78 is 31.1. The van der Waals surface area contributed by atoms with Crippen LogP contribution in [0.3, 0.4) is 0 Å². The van der Waals surface area contributed by atoms with Crippen LogP contribution in [0.5, 0.6) is 0 Å². The second kappa shape index (κ2) is 13.1. The predicted molar refractivity (Wildman–Crippen MR) is 151 cm³/mol. The molecule has 0 bridgehead atoms. The normalized spacial score (nSPS) is 20.4. The Labute approximate surface area is 242 Å². The van der Waals surface area contributed by atoms with Crippen molar-refractivity contribution in [3.8, 4) is 22.6 Å². The van der Waals surface area contributed by atoms with Crippen molar-refractivity contribution in [2.45, 2.75) is 38.2 Å². The molecular formula is C30H32FN7O4. The van der Waals surface area contributed by atoms with Gasteiger partial charge < -0.3 is 29.8 Å². The molecule has 2 aliphatic heterocycles. The summed E-state index contributed by atoms with van der Waals surface area (Å²) in [5.74, 6) is 0.221. The number of amides is 1. The number of carbonyl (C=O) groups is 1. The average Bonchev–Trinajstić information content (AvgIpc) is 3.71. The van der Waals surface area contributed by atoms with Gasteiger partial charge in [-0.15, -0.1) is 0 Å². The minimum atomic E-state index is -0.576. The smallest absolute Gasteiger partial charge is 0.227 e. The van der Waals surface area contributed by atoms with Gasteiger partial charge >= 0.3 is 0 Å². The second-order valence-corrected chi connectivity index (χ2v) is 10.2. The molecule has 1 aromatic carbocycles. The van der Waals surface area contributed by atoms with Crippen LogP contribution in [0, 0.1) is 11.7 Å². The van der Waals surface area contributed by atoms with Crippen molar-refractivity contribution in [1.82, 2.24) is 30.2 Å². The molecule has 11 nitrogen and oxygen atoms in total. The van der Waals surface area contributed by atoms with Crippen LogP contribution in [0.4, 0.5) is 10.3 Å². The van der Waals surface area contributed by atoms with Crippen LogP contribution in [0.25, 0.3) is 22.6 Å². The van der Waals surface area contributed by atoms with Gasteiger partial charge in [0.05, 0.1) is 61.0 Å². The number of anilines is 1. The maximum Gasteiger partial charge on any atom is 0.227 e. The number of imidazole rings is 1. The van der Waals surface area contributed by atoms with E-state index in [-0.39, 0.29) is 37.0 Å². The molecule has 2 fully saturated rings. The Morgan fingerprint density at radius 3 is 2.62 bits per heavy atom. The summed E-state index contributed by atoms with van der Waals surface area (Å²) in [5, 5.41) is 6.14. The lowest BCUT2D eigenvalue weighted by Gasteiger charge is -2.28. The molecule has 5 heterocycles. The number of H-pyrrole nitrogens is 1. The number of ether oxygens (including phenoxy) is 3. The number of hydrogen-bond donors (Lipinski definition) is 3. The molecule has 1 atom stereocenters. The molecule has 3 N–H and O–H groups in total. The van der Waals surface area contributed by atoms with Gasteiger partial charge in [-0.1, -0.05) is 6.07 Å². The number of pyridine rings is 1. The molecule has 0 aliphatic carbocycles. The van der Waals surface area contributed by atoms with Crippen molar-refractivity contribution in [3.63, 3.8) is 0 Å². The minimum absolute atomic E-state index is 0.0817. The maximum absolute atomic E-state index is 13.7. The molecule has 0 saturated carbocycles. The third-order valence-corrected chi connectivity index (χ3v) is 7.16. The summed E-state index contributed by atoms with van der Waals surface area (Å²) in [5.41, 5.74) is 3.46. The van der Waals surface area contributed by atoms with Gasteiger partial charge in [0.1, 0.15) is 11.6 Å². The van der Waals surface area contributed by atoms with E-state index in [2.05, 4.69) is 30.6 Å². The summed E-state index contributed by atoms with van der Waals surface area (Å²) >= 11 is 0. The summed E-state index contributed by atoms with van der Waals surface area (Å²) in [6.07, 6.45) is 5.21. The van der Waals surface area contributed by atoms with E-state index in [1.54, 1.807) is 30.6 Å². The molecule has 3 aromatic heterocycles. The molecule has 218 valence electrons. The fourth-order valence-corrected chi connectivity index (χ4v) is 4.91. The Bertz CT molecular complexity index is 1470. The zero-order valence-electron chi connectivity index (χ0n) is 23.0. The van der Waals surface area contributed by atoms with Crippen LogP contribution in [0.15, 0.2) is 60.9 Å². The third kappa shape index (κ3) is 6.96. The Morgan fingerprint density at radius 2 is 1.86 bits per heavy atom. The minimum Gasteiger partial charge on any atom is -0.376 e. The molecule has 2 aliphatic rings. The highest BCUT2D eigenvalue weighted by molar-refractivity contribution is 5.79. The Balaban J connectivity index is 1.14. The van der Waals surface area contributed by atoms with E-state index in [4.69, 9.17) is 19.2 Å². The number of rotatable bonds is 10. The Morgan fingerprint density at radius 1 is 1.00 bits per heavy atom. The van der Waals surface area contributed by atoms with E-state index < -0.39 is 6.29 Å². The summed E-state index contributed by atoms with van der Waals surface area (Å²) in [6, 6.07) is 13.6. The first kappa shape index (κ1) is 27.9. The van der Waals surface area contributed by atoms with Crippen molar-refractivity contribution in [1.29, 1.82) is 0 Å². The number of nitrogens with zero attached hydrogens (tertiary/aromatic N) is 4. The molecule has 1 amide bonds. The van der Waals surface area contributed by atoms with E-state index in [9.17, 15) is 9.18 Å². The van der Waals surface area contributed by atoms with Gasteiger partial charge in [-0.2, -0.15) is 0 Å². The summed E-state index contributed by atoms with van der Waals surface area (Å²) in [7, 11) is 0. The molecule has 12 heteroatoms. The number of aromatic amines is 1. The van der Waals surface area contributed by atoms with Gasteiger partial charge in [-0.25, -0.2) is 19.3 Å².